The van der Waals surface area contributed by atoms with E-state index in [1.165, 1.54) is 27.4 Å². The monoisotopic (exact) mass is 503 g/mol. The van der Waals surface area contributed by atoms with Crippen LogP contribution in [-0.2, 0) is 18.7 Å². The molecule has 0 aliphatic rings. The molecule has 0 saturated heterocycles. The largest absolute Gasteiger partial charge is 0.507 e. The molecule has 0 aliphatic carbocycles. The van der Waals surface area contributed by atoms with Gasteiger partial charge in [-0.2, -0.15) is 8.78 Å². The minimum absolute atomic E-state index is 0.134. The summed E-state index contributed by atoms with van der Waals surface area (Å²) in [5, 5.41) is 10.5. The average molecular weight is 504 g/mol. The van der Waals surface area contributed by atoms with E-state index in [9.17, 15) is 22.7 Å². The highest BCUT2D eigenvalue weighted by Gasteiger charge is 2.37. The van der Waals surface area contributed by atoms with Crippen LogP contribution >= 0.6 is 0 Å². The van der Waals surface area contributed by atoms with Crippen LogP contribution in [0.2, 0.25) is 6.04 Å². The maximum atomic E-state index is 14.5. The minimum Gasteiger partial charge on any atom is -0.507 e. The van der Waals surface area contributed by atoms with Gasteiger partial charge in [0.15, 0.2) is 17.4 Å². The van der Waals surface area contributed by atoms with Crippen LogP contribution in [0.25, 0.3) is 0 Å². The fraction of sp³-hybridized carbons (Fsp3) is 0.435. The summed E-state index contributed by atoms with van der Waals surface area (Å²) in [6.07, 6.45) is 1.13. The lowest BCUT2D eigenvalue weighted by Crippen LogP contribution is -2.42. The first-order valence-electron chi connectivity index (χ1n) is 10.4. The highest BCUT2D eigenvalue weighted by atomic mass is 28.4. The van der Waals surface area contributed by atoms with Gasteiger partial charge in [0.2, 0.25) is 11.6 Å². The van der Waals surface area contributed by atoms with Crippen molar-refractivity contribution in [1.82, 2.24) is 0 Å². The molecule has 1 N–H and O–H groups in total. The molecule has 0 aromatic heterocycles. The zero-order valence-electron chi connectivity index (χ0n) is 20.0. The zero-order valence-corrected chi connectivity index (χ0v) is 21.0. The summed E-state index contributed by atoms with van der Waals surface area (Å²) < 4.78 is 78.7. The number of para-hydroxylation sites is 1. The van der Waals surface area contributed by atoms with E-state index in [1.807, 2.05) is 20.8 Å². The number of phenolic OH excluding ortho intramolecular Hbond substituents is 1. The van der Waals surface area contributed by atoms with Crippen LogP contribution in [0.1, 0.15) is 38.3 Å². The number of nitrogens with zero attached hydrogens (tertiary/aromatic N) is 1. The predicted octanol–water partition coefficient (Wildman–Crippen LogP) is 5.64. The summed E-state index contributed by atoms with van der Waals surface area (Å²) in [5.74, 6) is -8.20. The normalized spacial score (nSPS) is 12.5. The van der Waals surface area contributed by atoms with Gasteiger partial charge in [0.1, 0.15) is 11.4 Å². The SMILES string of the molecule is CO[Si](CCCOc1c(F)c(F)c(N=Cc2cccc(C(C)(C)C)c2O)c(F)c1F)(OC)OC. The van der Waals surface area contributed by atoms with Gasteiger partial charge in [0.25, 0.3) is 0 Å². The Balaban J connectivity index is 2.27. The van der Waals surface area contributed by atoms with Crippen molar-refractivity contribution in [1.29, 1.82) is 0 Å². The zero-order chi connectivity index (χ0) is 25.7. The van der Waals surface area contributed by atoms with Gasteiger partial charge in [-0.05, 0) is 23.5 Å². The van der Waals surface area contributed by atoms with Gasteiger partial charge in [-0.3, -0.25) is 0 Å². The number of rotatable bonds is 10. The number of benzene rings is 2. The Morgan fingerprint density at radius 1 is 0.941 bits per heavy atom. The van der Waals surface area contributed by atoms with Crippen LogP contribution in [0, 0.1) is 23.3 Å². The quantitative estimate of drug-likeness (QED) is 0.149. The van der Waals surface area contributed by atoms with Crippen LogP contribution in [0.5, 0.6) is 11.5 Å². The van der Waals surface area contributed by atoms with E-state index in [2.05, 4.69) is 4.99 Å². The Morgan fingerprint density at radius 3 is 2.00 bits per heavy atom. The second-order valence-electron chi connectivity index (χ2n) is 8.43. The number of hydrogen-bond acceptors (Lipinski definition) is 6. The van der Waals surface area contributed by atoms with Crippen LogP contribution in [-0.4, -0.2) is 48.1 Å². The highest BCUT2D eigenvalue weighted by molar-refractivity contribution is 6.60. The molecule has 0 radical (unpaired) electrons. The van der Waals surface area contributed by atoms with Crippen molar-refractivity contribution in [3.63, 3.8) is 0 Å². The molecule has 0 aliphatic heterocycles. The third-order valence-electron chi connectivity index (χ3n) is 5.21. The van der Waals surface area contributed by atoms with E-state index >= 15 is 0 Å². The van der Waals surface area contributed by atoms with Gasteiger partial charge in [0, 0.05) is 39.2 Å². The van der Waals surface area contributed by atoms with Crippen molar-refractivity contribution >= 4 is 20.7 Å². The number of ether oxygens (including phenoxy) is 1. The Bertz CT molecular complexity index is 1000. The molecule has 0 bridgehead atoms. The molecule has 188 valence electrons. The van der Waals surface area contributed by atoms with Gasteiger partial charge in [-0.1, -0.05) is 32.9 Å². The molecule has 0 saturated carbocycles. The molecule has 0 unspecified atom stereocenters. The Hall–Kier alpha value is -2.47. The fourth-order valence-corrected chi connectivity index (χ4v) is 4.95. The molecule has 6 nitrogen and oxygen atoms in total. The van der Waals surface area contributed by atoms with Gasteiger partial charge < -0.3 is 23.1 Å². The molecule has 11 heteroatoms. The summed E-state index contributed by atoms with van der Waals surface area (Å²) in [4.78, 5) is 3.57. The van der Waals surface area contributed by atoms with Crippen molar-refractivity contribution in [2.75, 3.05) is 27.9 Å². The second kappa shape index (κ2) is 11.3. The molecule has 34 heavy (non-hydrogen) atoms. The summed E-state index contributed by atoms with van der Waals surface area (Å²) in [7, 11) is 1.28. The number of hydrogen-bond donors (Lipinski definition) is 1. The van der Waals surface area contributed by atoms with E-state index in [0.29, 0.717) is 5.56 Å². The van der Waals surface area contributed by atoms with Crippen LogP contribution in [0.15, 0.2) is 23.2 Å². The lowest BCUT2D eigenvalue weighted by Gasteiger charge is -2.24. The lowest BCUT2D eigenvalue weighted by atomic mass is 9.85. The Morgan fingerprint density at radius 2 is 1.50 bits per heavy atom. The van der Waals surface area contributed by atoms with Crippen molar-refractivity contribution in [3.05, 3.63) is 52.6 Å². The molecule has 0 spiro atoms. The third kappa shape index (κ3) is 5.95. The second-order valence-corrected chi connectivity index (χ2v) is 11.5. The molecule has 0 heterocycles. The Kier molecular flexibility index (Phi) is 9.23. The standard InChI is InChI=1S/C23H29F4NO5Si/c1-23(2,3)15-10-7-9-14(21(15)29)13-28-20-16(24)18(26)22(19(27)17(20)25)33-11-8-12-34(30-4,31-5)32-6/h7,9-10,13,29H,8,11-12H2,1-6H3. The topological polar surface area (TPSA) is 69.5 Å². The number of aliphatic imine (C=N–C) groups is 1. The molecule has 2 aromatic carbocycles. The lowest BCUT2D eigenvalue weighted by molar-refractivity contribution is 0.120. The predicted molar refractivity (Wildman–Crippen MR) is 122 cm³/mol. The highest BCUT2D eigenvalue weighted by Crippen LogP contribution is 2.36. The maximum absolute atomic E-state index is 14.5. The number of phenols is 1. The van der Waals surface area contributed by atoms with E-state index in [1.54, 1.807) is 12.1 Å². The first kappa shape index (κ1) is 27.8. The van der Waals surface area contributed by atoms with Gasteiger partial charge in [-0.15, -0.1) is 0 Å². The van der Waals surface area contributed by atoms with Crippen molar-refractivity contribution in [3.8, 4) is 11.5 Å². The van der Waals surface area contributed by atoms with Gasteiger partial charge in [-0.25, -0.2) is 13.8 Å². The van der Waals surface area contributed by atoms with Crippen LogP contribution in [0.4, 0.5) is 23.2 Å². The fourth-order valence-electron chi connectivity index (χ4n) is 3.26. The Labute approximate surface area is 197 Å². The van der Waals surface area contributed by atoms with Crippen molar-refractivity contribution in [2.45, 2.75) is 38.7 Å². The summed E-state index contributed by atoms with van der Waals surface area (Å²) in [6, 6.07) is 5.03. The van der Waals surface area contributed by atoms with Crippen molar-refractivity contribution < 1.29 is 40.7 Å². The third-order valence-corrected chi connectivity index (χ3v) is 8.05. The maximum Gasteiger partial charge on any atom is 0.500 e. The molecule has 2 rings (SSSR count). The van der Waals surface area contributed by atoms with E-state index in [-0.39, 0.29) is 30.4 Å². The molecule has 0 atom stereocenters. The molecular weight excluding hydrogens is 474 g/mol. The van der Waals surface area contributed by atoms with Crippen molar-refractivity contribution in [2.24, 2.45) is 4.99 Å². The average Bonchev–Trinajstić information content (AvgIpc) is 2.80. The first-order valence-corrected chi connectivity index (χ1v) is 12.4. The smallest absolute Gasteiger partial charge is 0.500 e. The summed E-state index contributed by atoms with van der Waals surface area (Å²) >= 11 is 0. The van der Waals surface area contributed by atoms with Crippen LogP contribution < -0.4 is 4.74 Å². The summed E-state index contributed by atoms with van der Waals surface area (Å²) in [6.45, 7) is 5.34. The van der Waals surface area contributed by atoms with Gasteiger partial charge >= 0.3 is 8.80 Å². The molecular formula is C23H29F4NO5Si. The van der Waals surface area contributed by atoms with E-state index in [0.717, 1.165) is 6.21 Å². The summed E-state index contributed by atoms with van der Waals surface area (Å²) in [5.41, 5.74) is -0.887. The number of aromatic hydroxyl groups is 1. The molecule has 0 fully saturated rings. The first-order chi connectivity index (χ1) is 15.9. The number of halogens is 4. The molecule has 2 aromatic rings. The van der Waals surface area contributed by atoms with Gasteiger partial charge in [0.05, 0.1) is 6.61 Å². The van der Waals surface area contributed by atoms with E-state index < -0.39 is 48.9 Å². The minimum atomic E-state index is -2.93. The van der Waals surface area contributed by atoms with Crippen LogP contribution in [0.3, 0.4) is 0 Å². The molecule has 0 amide bonds. The van der Waals surface area contributed by atoms with E-state index in [4.69, 9.17) is 18.0 Å².